The van der Waals surface area contributed by atoms with Crippen molar-refractivity contribution in [1.82, 2.24) is 14.9 Å². The van der Waals surface area contributed by atoms with E-state index in [1.807, 2.05) is 26.8 Å². The number of ether oxygens (including phenoxy) is 1. The maximum Gasteiger partial charge on any atom is 0.226 e. The molecule has 0 spiro atoms. The molecule has 1 aliphatic heterocycles. The van der Waals surface area contributed by atoms with Crippen molar-refractivity contribution in [3.8, 4) is 5.88 Å². The Labute approximate surface area is 120 Å². The first-order valence-corrected chi connectivity index (χ1v) is 7.63. The Balaban J connectivity index is 1.63. The van der Waals surface area contributed by atoms with Crippen molar-refractivity contribution in [2.24, 2.45) is 0 Å². The first kappa shape index (κ1) is 13.6. The quantitative estimate of drug-likeness (QED) is 0.893. The van der Waals surface area contributed by atoms with Crippen LogP contribution in [0.1, 0.15) is 38.8 Å². The van der Waals surface area contributed by atoms with E-state index in [1.54, 1.807) is 0 Å². The average Bonchev–Trinajstić information content (AvgIpc) is 3.09. The van der Waals surface area contributed by atoms with Crippen molar-refractivity contribution >= 4 is 5.95 Å². The van der Waals surface area contributed by atoms with Gasteiger partial charge in [0, 0.05) is 36.9 Å². The smallest absolute Gasteiger partial charge is 0.226 e. The Bertz CT molecular complexity index is 473. The number of rotatable bonds is 5. The number of likely N-dealkylation sites (tertiary alicyclic amines) is 1. The largest absolute Gasteiger partial charge is 0.475 e. The molecule has 5 nitrogen and oxygen atoms in total. The molecule has 5 heteroatoms. The van der Waals surface area contributed by atoms with E-state index >= 15 is 0 Å². The Hall–Kier alpha value is -1.36. The maximum absolute atomic E-state index is 5.67. The minimum atomic E-state index is 0.133. The highest BCUT2D eigenvalue weighted by molar-refractivity contribution is 5.32. The fraction of sp³-hybridized carbons (Fsp3) is 0.733. The fourth-order valence-electron chi connectivity index (χ4n) is 2.77. The van der Waals surface area contributed by atoms with Gasteiger partial charge in [0.05, 0.1) is 6.10 Å². The fourth-order valence-corrected chi connectivity index (χ4v) is 2.77. The van der Waals surface area contributed by atoms with Gasteiger partial charge in [-0.25, -0.2) is 4.98 Å². The van der Waals surface area contributed by atoms with Gasteiger partial charge in [0.25, 0.3) is 0 Å². The van der Waals surface area contributed by atoms with Crippen LogP contribution in [-0.4, -0.2) is 46.1 Å². The van der Waals surface area contributed by atoms with E-state index in [1.165, 1.54) is 25.8 Å². The minimum absolute atomic E-state index is 0.133. The lowest BCUT2D eigenvalue weighted by atomic mass is 10.3. The summed E-state index contributed by atoms with van der Waals surface area (Å²) >= 11 is 0. The van der Waals surface area contributed by atoms with Gasteiger partial charge in [-0.1, -0.05) is 0 Å². The molecule has 1 aromatic rings. The zero-order valence-corrected chi connectivity index (χ0v) is 12.6. The summed E-state index contributed by atoms with van der Waals surface area (Å²) < 4.78 is 5.67. The molecular formula is C15H24N4O. The highest BCUT2D eigenvalue weighted by Crippen LogP contribution is 2.30. The summed E-state index contributed by atoms with van der Waals surface area (Å²) in [5.41, 5.74) is 0.940. The molecule has 0 amide bonds. The second kappa shape index (κ2) is 5.56. The second-order valence-electron chi connectivity index (χ2n) is 6.19. The number of anilines is 1. The topological polar surface area (TPSA) is 50.3 Å². The molecular weight excluding hydrogens is 252 g/mol. The van der Waals surface area contributed by atoms with E-state index in [2.05, 4.69) is 20.2 Å². The number of aryl methyl sites for hydroxylation is 1. The highest BCUT2D eigenvalue weighted by Gasteiger charge is 2.34. The molecule has 20 heavy (non-hydrogen) atoms. The van der Waals surface area contributed by atoms with Crippen LogP contribution in [0.5, 0.6) is 5.88 Å². The summed E-state index contributed by atoms with van der Waals surface area (Å²) in [5, 5.41) is 3.46. The van der Waals surface area contributed by atoms with Gasteiger partial charge in [0.2, 0.25) is 11.8 Å². The molecule has 1 aliphatic carbocycles. The third-order valence-corrected chi connectivity index (χ3v) is 3.80. The van der Waals surface area contributed by atoms with Crippen LogP contribution in [0.4, 0.5) is 5.95 Å². The van der Waals surface area contributed by atoms with E-state index < -0.39 is 0 Å². The third kappa shape index (κ3) is 3.39. The molecule has 1 saturated carbocycles. The molecule has 0 bridgehead atoms. The van der Waals surface area contributed by atoms with E-state index in [0.29, 0.717) is 17.9 Å². The van der Waals surface area contributed by atoms with Gasteiger partial charge in [0.1, 0.15) is 0 Å². The van der Waals surface area contributed by atoms with Crippen LogP contribution < -0.4 is 10.1 Å². The Kier molecular flexibility index (Phi) is 3.78. The first-order chi connectivity index (χ1) is 9.60. The predicted octanol–water partition coefficient (Wildman–Crippen LogP) is 2.22. The monoisotopic (exact) mass is 276 g/mol. The zero-order valence-electron chi connectivity index (χ0n) is 12.6. The Morgan fingerprint density at radius 3 is 2.80 bits per heavy atom. The lowest BCUT2D eigenvalue weighted by Crippen LogP contribution is -2.28. The second-order valence-corrected chi connectivity index (χ2v) is 6.19. The van der Waals surface area contributed by atoms with Crippen LogP contribution in [0, 0.1) is 6.92 Å². The van der Waals surface area contributed by atoms with Gasteiger partial charge in [0.15, 0.2) is 0 Å². The summed E-state index contributed by atoms with van der Waals surface area (Å²) in [7, 11) is 0. The summed E-state index contributed by atoms with van der Waals surface area (Å²) in [6.07, 6.45) is 4.06. The molecule has 0 aromatic carbocycles. The van der Waals surface area contributed by atoms with Crippen molar-refractivity contribution in [3.63, 3.8) is 0 Å². The van der Waals surface area contributed by atoms with Crippen molar-refractivity contribution in [3.05, 3.63) is 11.8 Å². The van der Waals surface area contributed by atoms with Gasteiger partial charge in [-0.3, -0.25) is 4.90 Å². The van der Waals surface area contributed by atoms with Gasteiger partial charge in [-0.2, -0.15) is 4.98 Å². The molecule has 1 unspecified atom stereocenters. The number of hydrogen-bond donors (Lipinski definition) is 1. The number of hydrogen-bond acceptors (Lipinski definition) is 5. The summed E-state index contributed by atoms with van der Waals surface area (Å²) in [6, 6.07) is 3.19. The van der Waals surface area contributed by atoms with Crippen LogP contribution in [-0.2, 0) is 0 Å². The molecule has 2 fully saturated rings. The molecule has 2 heterocycles. The van der Waals surface area contributed by atoms with Crippen LogP contribution >= 0.6 is 0 Å². The van der Waals surface area contributed by atoms with Crippen LogP contribution in [0.3, 0.4) is 0 Å². The van der Waals surface area contributed by atoms with Gasteiger partial charge in [-0.15, -0.1) is 0 Å². The lowest BCUT2D eigenvalue weighted by Gasteiger charge is -2.16. The number of aromatic nitrogens is 2. The van der Waals surface area contributed by atoms with Crippen molar-refractivity contribution in [1.29, 1.82) is 0 Å². The molecule has 3 rings (SSSR count). The first-order valence-electron chi connectivity index (χ1n) is 7.63. The van der Waals surface area contributed by atoms with E-state index in [-0.39, 0.29) is 6.10 Å². The normalized spacial score (nSPS) is 23.3. The van der Waals surface area contributed by atoms with Crippen LogP contribution in [0.15, 0.2) is 6.07 Å². The SMILES string of the molecule is Cc1cc(OC(C)C)nc(NC2CCN(C3CC3)C2)n1. The number of nitrogens with one attached hydrogen (secondary N) is 1. The van der Waals surface area contributed by atoms with Crippen molar-refractivity contribution in [2.75, 3.05) is 18.4 Å². The molecule has 0 radical (unpaired) electrons. The summed E-state index contributed by atoms with van der Waals surface area (Å²) in [6.45, 7) is 8.31. The molecule has 110 valence electrons. The molecule has 1 saturated heterocycles. The minimum Gasteiger partial charge on any atom is -0.475 e. The molecule has 2 aliphatic rings. The zero-order chi connectivity index (χ0) is 14.1. The van der Waals surface area contributed by atoms with Crippen molar-refractivity contribution < 1.29 is 4.74 Å². The van der Waals surface area contributed by atoms with E-state index in [9.17, 15) is 0 Å². The summed E-state index contributed by atoms with van der Waals surface area (Å²) in [5.74, 6) is 1.36. The Morgan fingerprint density at radius 1 is 1.30 bits per heavy atom. The lowest BCUT2D eigenvalue weighted by molar-refractivity contribution is 0.232. The molecule has 1 atom stereocenters. The van der Waals surface area contributed by atoms with Crippen molar-refractivity contribution in [2.45, 2.75) is 58.2 Å². The Morgan fingerprint density at radius 2 is 2.10 bits per heavy atom. The molecule has 1 aromatic heterocycles. The van der Waals surface area contributed by atoms with Gasteiger partial charge in [-0.05, 0) is 40.0 Å². The third-order valence-electron chi connectivity index (χ3n) is 3.80. The average molecular weight is 276 g/mol. The van der Waals surface area contributed by atoms with Crippen LogP contribution in [0.25, 0.3) is 0 Å². The van der Waals surface area contributed by atoms with Gasteiger partial charge < -0.3 is 10.1 Å². The summed E-state index contributed by atoms with van der Waals surface area (Å²) in [4.78, 5) is 11.5. The number of nitrogens with zero attached hydrogens (tertiary/aromatic N) is 3. The van der Waals surface area contributed by atoms with Crippen LogP contribution in [0.2, 0.25) is 0 Å². The molecule has 1 N–H and O–H groups in total. The maximum atomic E-state index is 5.67. The van der Waals surface area contributed by atoms with Gasteiger partial charge >= 0.3 is 0 Å². The van der Waals surface area contributed by atoms with E-state index in [0.717, 1.165) is 18.3 Å². The predicted molar refractivity (Wildman–Crippen MR) is 79.2 cm³/mol. The van der Waals surface area contributed by atoms with E-state index in [4.69, 9.17) is 4.74 Å². The standard InChI is InChI=1S/C15H24N4O/c1-10(2)20-14-8-11(3)16-15(18-14)17-12-6-7-19(9-12)13-4-5-13/h8,10,12-13H,4-7,9H2,1-3H3,(H,16,17,18). The highest BCUT2D eigenvalue weighted by atomic mass is 16.5.